The van der Waals surface area contributed by atoms with E-state index in [1.54, 1.807) is 25.2 Å². The van der Waals surface area contributed by atoms with Crippen LogP contribution in [0.3, 0.4) is 0 Å². The molecule has 3 nitrogen and oxygen atoms in total. The van der Waals surface area contributed by atoms with Gasteiger partial charge >= 0.3 is 0 Å². The van der Waals surface area contributed by atoms with Gasteiger partial charge in [-0.15, -0.1) is 0 Å². The van der Waals surface area contributed by atoms with Crippen molar-refractivity contribution in [2.75, 3.05) is 20.6 Å². The van der Waals surface area contributed by atoms with Crippen LogP contribution < -0.4 is 5.32 Å². The number of carbonyl (C=O) groups is 1. The van der Waals surface area contributed by atoms with Crippen LogP contribution in [-0.2, 0) is 4.79 Å². The van der Waals surface area contributed by atoms with Crippen LogP contribution >= 0.6 is 0 Å². The van der Waals surface area contributed by atoms with Crippen LogP contribution in [0.1, 0.15) is 0 Å². The highest BCUT2D eigenvalue weighted by molar-refractivity contribution is 5.95. The Balaban J connectivity index is 2.67. The van der Waals surface area contributed by atoms with Crippen LogP contribution in [-0.4, -0.2) is 31.4 Å². The summed E-state index contributed by atoms with van der Waals surface area (Å²) < 4.78 is 0. The lowest BCUT2D eigenvalue weighted by molar-refractivity contribution is -0.124. The van der Waals surface area contributed by atoms with Crippen LogP contribution in [0, 0.1) is 0 Å². The number of rotatable bonds is 1. The molecule has 1 amide bonds. The second-order valence-electron chi connectivity index (χ2n) is 2.61. The fraction of sp³-hybridized carbons (Fsp3) is 0.375. The standard InChI is InChI=1S/C8H12N2O/c1-10(2)8(11)7-4-3-5-9-6-7/h3-4,6,9H,5H2,1-2H3. The lowest BCUT2D eigenvalue weighted by atomic mass is 10.2. The Bertz CT molecular complexity index is 216. The van der Waals surface area contributed by atoms with Gasteiger partial charge in [-0.2, -0.15) is 0 Å². The number of dihydropyridines is 1. The van der Waals surface area contributed by atoms with Gasteiger partial charge in [0.1, 0.15) is 0 Å². The smallest absolute Gasteiger partial charge is 0.254 e. The van der Waals surface area contributed by atoms with E-state index in [-0.39, 0.29) is 5.91 Å². The molecule has 0 aliphatic carbocycles. The second kappa shape index (κ2) is 3.23. The number of amides is 1. The number of nitrogens with zero attached hydrogens (tertiary/aromatic N) is 1. The molecular formula is C8H12N2O. The first-order valence-electron chi connectivity index (χ1n) is 3.53. The summed E-state index contributed by atoms with van der Waals surface area (Å²) in [6.07, 6.45) is 5.50. The van der Waals surface area contributed by atoms with Gasteiger partial charge < -0.3 is 10.2 Å². The summed E-state index contributed by atoms with van der Waals surface area (Å²) in [5.74, 6) is 0.0356. The molecule has 1 heterocycles. The van der Waals surface area contributed by atoms with Crippen molar-refractivity contribution < 1.29 is 4.79 Å². The summed E-state index contributed by atoms with van der Waals surface area (Å²) in [5, 5.41) is 2.97. The molecule has 0 bridgehead atoms. The Labute approximate surface area is 66.4 Å². The maximum Gasteiger partial charge on any atom is 0.254 e. The lowest BCUT2D eigenvalue weighted by Crippen LogP contribution is -2.25. The molecule has 0 saturated carbocycles. The molecule has 0 spiro atoms. The van der Waals surface area contributed by atoms with Gasteiger partial charge in [0, 0.05) is 26.8 Å². The minimum atomic E-state index is 0.0356. The Kier molecular flexibility index (Phi) is 2.31. The van der Waals surface area contributed by atoms with Gasteiger partial charge in [-0.05, 0) is 0 Å². The molecule has 0 unspecified atom stereocenters. The fourth-order valence-electron chi connectivity index (χ4n) is 0.862. The Morgan fingerprint density at radius 3 is 2.82 bits per heavy atom. The molecule has 0 aromatic carbocycles. The molecular weight excluding hydrogens is 140 g/mol. The predicted molar refractivity (Wildman–Crippen MR) is 43.9 cm³/mol. The van der Waals surface area contributed by atoms with E-state index in [4.69, 9.17) is 0 Å². The van der Waals surface area contributed by atoms with Crippen molar-refractivity contribution in [3.63, 3.8) is 0 Å². The summed E-state index contributed by atoms with van der Waals surface area (Å²) in [5.41, 5.74) is 0.709. The second-order valence-corrected chi connectivity index (χ2v) is 2.61. The molecule has 1 N–H and O–H groups in total. The topological polar surface area (TPSA) is 32.3 Å². The van der Waals surface area contributed by atoms with Crippen molar-refractivity contribution >= 4 is 5.91 Å². The molecule has 0 fully saturated rings. The van der Waals surface area contributed by atoms with E-state index in [1.165, 1.54) is 0 Å². The van der Waals surface area contributed by atoms with Gasteiger partial charge in [0.2, 0.25) is 0 Å². The van der Waals surface area contributed by atoms with Crippen molar-refractivity contribution in [1.29, 1.82) is 0 Å². The minimum Gasteiger partial charge on any atom is -0.387 e. The molecule has 11 heavy (non-hydrogen) atoms. The average molecular weight is 152 g/mol. The number of hydrogen-bond donors (Lipinski definition) is 1. The van der Waals surface area contributed by atoms with Crippen LogP contribution in [0.25, 0.3) is 0 Å². The molecule has 1 aliphatic heterocycles. The van der Waals surface area contributed by atoms with Crippen molar-refractivity contribution in [3.8, 4) is 0 Å². The molecule has 1 aliphatic rings. The van der Waals surface area contributed by atoms with Gasteiger partial charge in [-0.25, -0.2) is 0 Å². The molecule has 0 saturated heterocycles. The molecule has 60 valence electrons. The van der Waals surface area contributed by atoms with E-state index in [1.807, 2.05) is 12.2 Å². The predicted octanol–water partition coefficient (Wildman–Crippen LogP) is 0.118. The van der Waals surface area contributed by atoms with Gasteiger partial charge in [0.15, 0.2) is 0 Å². The Hall–Kier alpha value is -1.25. The minimum absolute atomic E-state index is 0.0356. The first-order chi connectivity index (χ1) is 5.22. The largest absolute Gasteiger partial charge is 0.387 e. The van der Waals surface area contributed by atoms with E-state index >= 15 is 0 Å². The van der Waals surface area contributed by atoms with E-state index < -0.39 is 0 Å². The zero-order valence-corrected chi connectivity index (χ0v) is 6.79. The van der Waals surface area contributed by atoms with Gasteiger partial charge in [0.05, 0.1) is 5.57 Å². The zero-order valence-electron chi connectivity index (χ0n) is 6.79. The summed E-state index contributed by atoms with van der Waals surface area (Å²) in [7, 11) is 3.48. The average Bonchev–Trinajstić information content (AvgIpc) is 2.05. The molecule has 0 aromatic rings. The van der Waals surface area contributed by atoms with Crippen molar-refractivity contribution in [1.82, 2.24) is 10.2 Å². The van der Waals surface area contributed by atoms with Crippen molar-refractivity contribution in [2.45, 2.75) is 0 Å². The first-order valence-corrected chi connectivity index (χ1v) is 3.53. The van der Waals surface area contributed by atoms with Gasteiger partial charge in [0.25, 0.3) is 5.91 Å². The molecule has 1 rings (SSSR count). The number of likely N-dealkylation sites (N-methyl/N-ethyl adjacent to an activating group) is 1. The fourth-order valence-corrected chi connectivity index (χ4v) is 0.862. The molecule has 3 heteroatoms. The van der Waals surface area contributed by atoms with Crippen LogP contribution in [0.15, 0.2) is 23.9 Å². The first kappa shape index (κ1) is 7.85. The van der Waals surface area contributed by atoms with E-state index in [0.29, 0.717) is 5.57 Å². The maximum atomic E-state index is 11.3. The lowest BCUT2D eigenvalue weighted by Gasteiger charge is -2.13. The third-order valence-corrected chi connectivity index (χ3v) is 1.44. The highest BCUT2D eigenvalue weighted by Crippen LogP contribution is 2.02. The number of carbonyl (C=O) groups excluding carboxylic acids is 1. The highest BCUT2D eigenvalue weighted by atomic mass is 16.2. The Morgan fingerprint density at radius 1 is 1.64 bits per heavy atom. The summed E-state index contributed by atoms with van der Waals surface area (Å²) in [6, 6.07) is 0. The monoisotopic (exact) mass is 152 g/mol. The van der Waals surface area contributed by atoms with Gasteiger partial charge in [-0.3, -0.25) is 4.79 Å². The zero-order chi connectivity index (χ0) is 8.27. The Morgan fingerprint density at radius 2 is 2.36 bits per heavy atom. The molecule has 0 aromatic heterocycles. The highest BCUT2D eigenvalue weighted by Gasteiger charge is 2.09. The van der Waals surface area contributed by atoms with E-state index in [0.717, 1.165) is 6.54 Å². The summed E-state index contributed by atoms with van der Waals surface area (Å²) >= 11 is 0. The number of hydrogen-bond acceptors (Lipinski definition) is 2. The quantitative estimate of drug-likeness (QED) is 0.578. The molecule has 0 radical (unpaired) electrons. The van der Waals surface area contributed by atoms with Crippen LogP contribution in [0.5, 0.6) is 0 Å². The molecule has 0 atom stereocenters. The van der Waals surface area contributed by atoms with Crippen LogP contribution in [0.4, 0.5) is 0 Å². The van der Waals surface area contributed by atoms with Crippen LogP contribution in [0.2, 0.25) is 0 Å². The van der Waals surface area contributed by atoms with Crippen molar-refractivity contribution in [2.24, 2.45) is 0 Å². The van der Waals surface area contributed by atoms with Crippen molar-refractivity contribution in [3.05, 3.63) is 23.9 Å². The maximum absolute atomic E-state index is 11.3. The summed E-state index contributed by atoms with van der Waals surface area (Å²) in [6.45, 7) is 0.810. The summed E-state index contributed by atoms with van der Waals surface area (Å²) in [4.78, 5) is 12.8. The normalized spacial score (nSPS) is 15.3. The third-order valence-electron chi connectivity index (χ3n) is 1.44. The number of nitrogens with one attached hydrogen (secondary N) is 1. The third kappa shape index (κ3) is 1.83. The van der Waals surface area contributed by atoms with E-state index in [9.17, 15) is 4.79 Å². The van der Waals surface area contributed by atoms with Gasteiger partial charge in [-0.1, -0.05) is 12.2 Å². The SMILES string of the molecule is CN(C)C(=O)C1=CNCC=C1. The van der Waals surface area contributed by atoms with E-state index in [2.05, 4.69) is 5.32 Å².